The summed E-state index contributed by atoms with van der Waals surface area (Å²) in [6.45, 7) is 5.99. The molecule has 3 amide bonds. The van der Waals surface area contributed by atoms with Gasteiger partial charge in [-0.15, -0.1) is 21.5 Å². The second-order valence-corrected chi connectivity index (χ2v) is 11.6. The van der Waals surface area contributed by atoms with Crippen molar-refractivity contribution in [3.05, 3.63) is 57.2 Å². The first-order valence-electron chi connectivity index (χ1n) is 12.3. The molecule has 2 aromatic heterocycles. The molecule has 0 fully saturated rings. The SMILES string of the molecule is Cc1ccc(C(=O)N[C@H](c2nnc(SCC(=O)Nc3sc4c(c3C(N)=O)CCCC4)n2C)C(C)C)cc1. The number of carbonyl (C=O) groups is 3. The highest BCUT2D eigenvalue weighted by atomic mass is 32.2. The molecule has 3 aromatic rings. The lowest BCUT2D eigenvalue weighted by molar-refractivity contribution is -0.113. The van der Waals surface area contributed by atoms with Gasteiger partial charge in [0.2, 0.25) is 5.91 Å². The van der Waals surface area contributed by atoms with Crippen molar-refractivity contribution in [1.82, 2.24) is 20.1 Å². The van der Waals surface area contributed by atoms with E-state index < -0.39 is 5.91 Å². The number of thiophene rings is 1. The third-order valence-corrected chi connectivity index (χ3v) is 8.64. The molecule has 0 radical (unpaired) electrons. The standard InChI is InChI=1S/C26H32N6O3S2/c1-14(2)21(29-24(35)16-11-9-15(3)10-12-16)23-30-31-26(32(23)4)36-13-19(33)28-25-20(22(27)34)17-7-5-6-8-18(17)37-25/h9-12,14,21H,5-8,13H2,1-4H3,(H2,27,34)(H,28,33)(H,29,35)/t21-/m0/s1. The van der Waals surface area contributed by atoms with E-state index in [-0.39, 0.29) is 29.5 Å². The van der Waals surface area contributed by atoms with E-state index >= 15 is 0 Å². The molecule has 0 aliphatic heterocycles. The molecule has 9 nitrogen and oxygen atoms in total. The fourth-order valence-electron chi connectivity index (χ4n) is 4.39. The van der Waals surface area contributed by atoms with Crippen LogP contribution in [0.5, 0.6) is 0 Å². The van der Waals surface area contributed by atoms with Gasteiger partial charge in [-0.1, -0.05) is 43.3 Å². The number of anilines is 1. The van der Waals surface area contributed by atoms with Crippen molar-refractivity contribution in [3.63, 3.8) is 0 Å². The lowest BCUT2D eigenvalue weighted by Crippen LogP contribution is -2.33. The van der Waals surface area contributed by atoms with Crippen molar-refractivity contribution in [1.29, 1.82) is 0 Å². The first-order chi connectivity index (χ1) is 17.7. The summed E-state index contributed by atoms with van der Waals surface area (Å²) in [5.74, 6) is -0.166. The van der Waals surface area contributed by atoms with Crippen LogP contribution in [0.3, 0.4) is 0 Å². The number of carbonyl (C=O) groups excluding carboxylic acids is 3. The molecule has 11 heteroatoms. The Labute approximate surface area is 224 Å². The topological polar surface area (TPSA) is 132 Å². The number of primary amides is 1. The Bertz CT molecular complexity index is 1310. The van der Waals surface area contributed by atoms with Gasteiger partial charge < -0.3 is 20.9 Å². The van der Waals surface area contributed by atoms with Gasteiger partial charge in [-0.3, -0.25) is 14.4 Å². The van der Waals surface area contributed by atoms with Crippen LogP contribution in [0.15, 0.2) is 29.4 Å². The van der Waals surface area contributed by atoms with Crippen LogP contribution in [0.4, 0.5) is 5.00 Å². The molecule has 37 heavy (non-hydrogen) atoms. The highest BCUT2D eigenvalue weighted by Gasteiger charge is 2.27. The van der Waals surface area contributed by atoms with Gasteiger partial charge in [-0.25, -0.2) is 0 Å². The Morgan fingerprint density at radius 2 is 1.84 bits per heavy atom. The number of rotatable bonds is 9. The zero-order valence-electron chi connectivity index (χ0n) is 21.5. The van der Waals surface area contributed by atoms with E-state index in [1.807, 2.05) is 40.0 Å². The van der Waals surface area contributed by atoms with Crippen molar-refractivity contribution in [2.24, 2.45) is 18.7 Å². The average molecular weight is 541 g/mol. The second kappa shape index (κ2) is 11.5. The van der Waals surface area contributed by atoms with Gasteiger partial charge in [-0.2, -0.15) is 0 Å². The van der Waals surface area contributed by atoms with Crippen LogP contribution >= 0.6 is 23.1 Å². The zero-order valence-corrected chi connectivity index (χ0v) is 23.1. The van der Waals surface area contributed by atoms with Gasteiger partial charge in [0.25, 0.3) is 11.8 Å². The molecule has 196 valence electrons. The minimum atomic E-state index is -0.507. The molecule has 0 saturated carbocycles. The average Bonchev–Trinajstić information content (AvgIpc) is 3.40. The van der Waals surface area contributed by atoms with Gasteiger partial charge in [-0.05, 0) is 56.2 Å². The number of nitrogens with two attached hydrogens (primary N) is 1. The molecule has 0 unspecified atom stereocenters. The van der Waals surface area contributed by atoms with E-state index in [1.54, 1.807) is 16.7 Å². The number of aryl methyl sites for hydroxylation is 2. The molecule has 1 atom stereocenters. The molecule has 0 bridgehead atoms. The number of hydrogen-bond acceptors (Lipinski definition) is 7. The van der Waals surface area contributed by atoms with Gasteiger partial charge in [0.15, 0.2) is 11.0 Å². The summed E-state index contributed by atoms with van der Waals surface area (Å²) in [4.78, 5) is 38.8. The molecule has 4 N–H and O–H groups in total. The number of amides is 3. The Morgan fingerprint density at radius 1 is 1.14 bits per heavy atom. The summed E-state index contributed by atoms with van der Waals surface area (Å²) in [6, 6.07) is 7.04. The molecule has 2 heterocycles. The van der Waals surface area contributed by atoms with Crippen molar-refractivity contribution in [2.45, 2.75) is 57.7 Å². The third-order valence-electron chi connectivity index (χ3n) is 6.42. The number of benzene rings is 1. The third kappa shape index (κ3) is 6.04. The maximum atomic E-state index is 12.8. The Kier molecular flexibility index (Phi) is 8.33. The highest BCUT2D eigenvalue weighted by Crippen LogP contribution is 2.38. The number of hydrogen-bond donors (Lipinski definition) is 3. The highest BCUT2D eigenvalue weighted by molar-refractivity contribution is 7.99. The van der Waals surface area contributed by atoms with Gasteiger partial charge >= 0.3 is 0 Å². The molecule has 1 aromatic carbocycles. The predicted octanol–water partition coefficient (Wildman–Crippen LogP) is 4.02. The van der Waals surface area contributed by atoms with E-state index in [0.29, 0.717) is 27.1 Å². The maximum absolute atomic E-state index is 12.8. The van der Waals surface area contributed by atoms with Gasteiger partial charge in [0.1, 0.15) is 5.00 Å². The summed E-state index contributed by atoms with van der Waals surface area (Å²) in [5, 5.41) is 15.6. The molecule has 1 aliphatic rings. The zero-order chi connectivity index (χ0) is 26.7. The normalized spacial score (nSPS) is 13.8. The summed E-state index contributed by atoms with van der Waals surface area (Å²) in [5.41, 5.74) is 8.73. The van der Waals surface area contributed by atoms with Crippen LogP contribution in [0, 0.1) is 12.8 Å². The van der Waals surface area contributed by atoms with Crippen molar-refractivity contribution < 1.29 is 14.4 Å². The molecular formula is C26H32N6O3S2. The Hall–Kier alpha value is -3.18. The van der Waals surface area contributed by atoms with Crippen molar-refractivity contribution in [2.75, 3.05) is 11.1 Å². The maximum Gasteiger partial charge on any atom is 0.251 e. The molecule has 1 aliphatic carbocycles. The van der Waals surface area contributed by atoms with E-state index in [4.69, 9.17) is 5.73 Å². The Balaban J connectivity index is 1.42. The number of thioether (sulfide) groups is 1. The van der Waals surface area contributed by atoms with Crippen LogP contribution in [-0.2, 0) is 24.7 Å². The minimum absolute atomic E-state index is 0.0653. The monoisotopic (exact) mass is 540 g/mol. The summed E-state index contributed by atoms with van der Waals surface area (Å²) >= 11 is 2.69. The number of nitrogens with zero attached hydrogens (tertiary/aromatic N) is 3. The summed E-state index contributed by atoms with van der Waals surface area (Å²) in [7, 11) is 1.82. The van der Waals surface area contributed by atoms with E-state index in [2.05, 4.69) is 20.8 Å². The van der Waals surface area contributed by atoms with Crippen LogP contribution < -0.4 is 16.4 Å². The van der Waals surface area contributed by atoms with Crippen LogP contribution in [0.1, 0.15) is 75.3 Å². The fraction of sp³-hybridized carbons (Fsp3) is 0.423. The summed E-state index contributed by atoms with van der Waals surface area (Å²) in [6.07, 6.45) is 3.81. The Morgan fingerprint density at radius 3 is 2.51 bits per heavy atom. The van der Waals surface area contributed by atoms with Gasteiger partial charge in [0.05, 0.1) is 17.4 Å². The van der Waals surface area contributed by atoms with Crippen molar-refractivity contribution >= 4 is 45.8 Å². The predicted molar refractivity (Wildman–Crippen MR) is 146 cm³/mol. The van der Waals surface area contributed by atoms with E-state index in [0.717, 1.165) is 41.7 Å². The lowest BCUT2D eigenvalue weighted by atomic mass is 9.95. The lowest BCUT2D eigenvalue weighted by Gasteiger charge is -2.21. The largest absolute Gasteiger partial charge is 0.365 e. The summed E-state index contributed by atoms with van der Waals surface area (Å²) < 4.78 is 1.80. The van der Waals surface area contributed by atoms with Crippen molar-refractivity contribution in [3.8, 4) is 0 Å². The van der Waals surface area contributed by atoms with Crippen LogP contribution in [-0.4, -0.2) is 38.2 Å². The second-order valence-electron chi connectivity index (χ2n) is 9.58. The number of aromatic nitrogens is 3. The quantitative estimate of drug-likeness (QED) is 0.351. The number of nitrogens with one attached hydrogen (secondary N) is 2. The van der Waals surface area contributed by atoms with Crippen LogP contribution in [0.25, 0.3) is 0 Å². The van der Waals surface area contributed by atoms with Gasteiger partial charge in [0, 0.05) is 17.5 Å². The minimum Gasteiger partial charge on any atom is -0.365 e. The first kappa shape index (κ1) is 26.9. The van der Waals surface area contributed by atoms with Crippen LogP contribution in [0.2, 0.25) is 0 Å². The molecule has 0 saturated heterocycles. The first-order valence-corrected chi connectivity index (χ1v) is 14.1. The smallest absolute Gasteiger partial charge is 0.251 e. The number of fused-ring (bicyclic) bond motifs is 1. The van der Waals surface area contributed by atoms with E-state index in [1.165, 1.54) is 23.1 Å². The molecular weight excluding hydrogens is 508 g/mol. The molecule has 0 spiro atoms. The van der Waals surface area contributed by atoms with E-state index in [9.17, 15) is 14.4 Å². The molecule has 4 rings (SSSR count). The fourth-order valence-corrected chi connectivity index (χ4v) is 6.42.